The fourth-order valence-corrected chi connectivity index (χ4v) is 2.09. The number of rotatable bonds is 7. The van der Waals surface area contributed by atoms with Crippen LogP contribution in [0, 0.1) is 0 Å². The van der Waals surface area contributed by atoms with Gasteiger partial charge in [-0.1, -0.05) is 41.9 Å². The summed E-state index contributed by atoms with van der Waals surface area (Å²) in [5.41, 5.74) is 0.975. The molecule has 0 aliphatic rings. The van der Waals surface area contributed by atoms with Crippen LogP contribution in [0.2, 0.25) is 5.02 Å². The first kappa shape index (κ1) is 17.8. The number of amides is 1. The number of hydrogen-bond donors (Lipinski definition) is 1. The van der Waals surface area contributed by atoms with Crippen molar-refractivity contribution < 1.29 is 19.1 Å². The largest absolute Gasteiger partial charge is 0.482 e. The summed E-state index contributed by atoms with van der Waals surface area (Å²) in [4.78, 5) is 23.4. The molecule has 0 aromatic heterocycles. The van der Waals surface area contributed by atoms with Crippen molar-refractivity contribution in [3.05, 3.63) is 65.2 Å². The molecule has 1 N–H and O–H groups in total. The molecule has 24 heavy (non-hydrogen) atoms. The topological polar surface area (TPSA) is 64.6 Å². The van der Waals surface area contributed by atoms with E-state index in [-0.39, 0.29) is 25.2 Å². The van der Waals surface area contributed by atoms with Crippen LogP contribution < -0.4 is 10.1 Å². The van der Waals surface area contributed by atoms with Crippen LogP contribution >= 0.6 is 11.6 Å². The van der Waals surface area contributed by atoms with Crippen molar-refractivity contribution in [3.8, 4) is 5.75 Å². The van der Waals surface area contributed by atoms with Crippen LogP contribution in [0.25, 0.3) is 0 Å². The Labute approximate surface area is 145 Å². The number of esters is 1. The Balaban J connectivity index is 1.69. The van der Waals surface area contributed by atoms with Crippen molar-refractivity contribution >= 4 is 23.5 Å². The van der Waals surface area contributed by atoms with Crippen molar-refractivity contribution in [2.24, 2.45) is 0 Å². The van der Waals surface area contributed by atoms with E-state index in [0.717, 1.165) is 5.56 Å². The number of halogens is 1. The Morgan fingerprint density at radius 3 is 2.38 bits per heavy atom. The zero-order valence-corrected chi connectivity index (χ0v) is 14.0. The molecule has 5 nitrogen and oxygen atoms in total. The lowest BCUT2D eigenvalue weighted by atomic mass is 10.1. The summed E-state index contributed by atoms with van der Waals surface area (Å²) in [7, 11) is 0. The predicted octanol–water partition coefficient (Wildman–Crippen LogP) is 3.14. The van der Waals surface area contributed by atoms with Gasteiger partial charge in [-0.15, -0.1) is 0 Å². The van der Waals surface area contributed by atoms with Crippen molar-refractivity contribution in [2.45, 2.75) is 13.0 Å². The second kappa shape index (κ2) is 8.93. The van der Waals surface area contributed by atoms with Gasteiger partial charge in [-0.2, -0.15) is 0 Å². The van der Waals surface area contributed by atoms with Crippen LogP contribution in [-0.2, 0) is 14.3 Å². The maximum absolute atomic E-state index is 11.8. The highest BCUT2D eigenvalue weighted by molar-refractivity contribution is 6.30. The van der Waals surface area contributed by atoms with E-state index in [1.165, 1.54) is 0 Å². The van der Waals surface area contributed by atoms with E-state index in [9.17, 15) is 9.59 Å². The number of carbonyl (C=O) groups is 2. The molecule has 2 aromatic carbocycles. The zero-order chi connectivity index (χ0) is 17.4. The minimum absolute atomic E-state index is 0.164. The van der Waals surface area contributed by atoms with Gasteiger partial charge in [-0.3, -0.25) is 4.79 Å². The summed E-state index contributed by atoms with van der Waals surface area (Å²) in [5, 5.41) is 3.34. The van der Waals surface area contributed by atoms with Gasteiger partial charge >= 0.3 is 5.97 Å². The van der Waals surface area contributed by atoms with Crippen LogP contribution in [0.4, 0.5) is 0 Å². The normalized spacial score (nSPS) is 11.4. The lowest BCUT2D eigenvalue weighted by Gasteiger charge is -2.14. The fraction of sp³-hybridized carbons (Fsp3) is 0.222. The summed E-state index contributed by atoms with van der Waals surface area (Å²) in [6.45, 7) is 1.24. The van der Waals surface area contributed by atoms with Crippen molar-refractivity contribution in [2.75, 3.05) is 13.2 Å². The van der Waals surface area contributed by atoms with Crippen LogP contribution in [-0.4, -0.2) is 25.1 Å². The number of carbonyl (C=O) groups excluding carboxylic acids is 2. The van der Waals surface area contributed by atoms with E-state index in [1.807, 2.05) is 37.3 Å². The number of nitrogens with one attached hydrogen (secondary N) is 1. The smallest absolute Gasteiger partial charge is 0.344 e. The zero-order valence-electron chi connectivity index (χ0n) is 13.2. The van der Waals surface area contributed by atoms with Crippen LogP contribution in [0.1, 0.15) is 18.5 Å². The van der Waals surface area contributed by atoms with Gasteiger partial charge in [0.15, 0.2) is 13.2 Å². The van der Waals surface area contributed by atoms with Gasteiger partial charge in [0, 0.05) is 5.02 Å². The highest BCUT2D eigenvalue weighted by atomic mass is 35.5. The SMILES string of the molecule is C[C@@H](NC(=O)COC(=O)COc1ccc(Cl)cc1)c1ccccc1. The van der Waals surface area contributed by atoms with Gasteiger partial charge < -0.3 is 14.8 Å². The van der Waals surface area contributed by atoms with E-state index in [4.69, 9.17) is 21.1 Å². The van der Waals surface area contributed by atoms with E-state index in [1.54, 1.807) is 24.3 Å². The van der Waals surface area contributed by atoms with E-state index in [0.29, 0.717) is 10.8 Å². The monoisotopic (exact) mass is 347 g/mol. The average molecular weight is 348 g/mol. The van der Waals surface area contributed by atoms with E-state index >= 15 is 0 Å². The van der Waals surface area contributed by atoms with Gasteiger partial charge in [0.25, 0.3) is 5.91 Å². The molecule has 0 saturated heterocycles. The molecule has 1 atom stereocenters. The Morgan fingerprint density at radius 1 is 1.04 bits per heavy atom. The third-order valence-electron chi connectivity index (χ3n) is 3.21. The number of ether oxygens (including phenoxy) is 2. The molecule has 0 unspecified atom stereocenters. The van der Waals surface area contributed by atoms with Gasteiger partial charge in [0.05, 0.1) is 6.04 Å². The lowest BCUT2D eigenvalue weighted by Crippen LogP contribution is -2.31. The first-order valence-corrected chi connectivity index (χ1v) is 7.80. The molecule has 0 spiro atoms. The second-order valence-electron chi connectivity index (χ2n) is 5.10. The molecule has 0 saturated carbocycles. The third-order valence-corrected chi connectivity index (χ3v) is 3.46. The first-order chi connectivity index (χ1) is 11.5. The maximum atomic E-state index is 11.8. The molecule has 126 valence electrons. The van der Waals surface area contributed by atoms with Crippen molar-refractivity contribution in [1.82, 2.24) is 5.32 Å². The Hall–Kier alpha value is -2.53. The molecule has 0 aliphatic carbocycles. The molecule has 0 fully saturated rings. The third kappa shape index (κ3) is 5.93. The molecule has 2 aromatic rings. The molecule has 6 heteroatoms. The van der Waals surface area contributed by atoms with Crippen molar-refractivity contribution in [3.63, 3.8) is 0 Å². The quantitative estimate of drug-likeness (QED) is 0.781. The lowest BCUT2D eigenvalue weighted by molar-refractivity contribution is -0.150. The predicted molar refractivity (Wildman–Crippen MR) is 90.9 cm³/mol. The Bertz CT molecular complexity index is 673. The Kier molecular flexibility index (Phi) is 6.63. The van der Waals surface area contributed by atoms with E-state index < -0.39 is 5.97 Å². The van der Waals surface area contributed by atoms with Gasteiger partial charge in [0.2, 0.25) is 0 Å². The number of hydrogen-bond acceptors (Lipinski definition) is 4. The van der Waals surface area contributed by atoms with Gasteiger partial charge in [-0.25, -0.2) is 4.79 Å². The fourth-order valence-electron chi connectivity index (χ4n) is 1.97. The molecule has 0 bridgehead atoms. The molecular weight excluding hydrogens is 330 g/mol. The van der Waals surface area contributed by atoms with Crippen LogP contribution in [0.3, 0.4) is 0 Å². The standard InChI is InChI=1S/C18H18ClNO4/c1-13(14-5-3-2-4-6-14)20-17(21)11-24-18(22)12-23-16-9-7-15(19)8-10-16/h2-10,13H,11-12H2,1H3,(H,20,21)/t13-/m1/s1. The van der Waals surface area contributed by atoms with Crippen LogP contribution in [0.5, 0.6) is 5.75 Å². The highest BCUT2D eigenvalue weighted by Gasteiger charge is 2.12. The van der Waals surface area contributed by atoms with Gasteiger partial charge in [0.1, 0.15) is 5.75 Å². The van der Waals surface area contributed by atoms with E-state index in [2.05, 4.69) is 5.32 Å². The van der Waals surface area contributed by atoms with Crippen molar-refractivity contribution in [1.29, 1.82) is 0 Å². The minimum Gasteiger partial charge on any atom is -0.482 e. The highest BCUT2D eigenvalue weighted by Crippen LogP contribution is 2.15. The summed E-state index contributed by atoms with van der Waals surface area (Å²) < 4.78 is 10.1. The molecule has 2 rings (SSSR count). The molecular formula is C18H18ClNO4. The maximum Gasteiger partial charge on any atom is 0.344 e. The summed E-state index contributed by atoms with van der Waals surface area (Å²) >= 11 is 5.75. The second-order valence-corrected chi connectivity index (χ2v) is 5.54. The molecule has 0 aliphatic heterocycles. The summed E-state index contributed by atoms with van der Waals surface area (Å²) in [6.07, 6.45) is 0. The average Bonchev–Trinajstić information content (AvgIpc) is 2.60. The number of benzene rings is 2. The van der Waals surface area contributed by atoms with Gasteiger partial charge in [-0.05, 0) is 36.8 Å². The molecule has 0 radical (unpaired) electrons. The Morgan fingerprint density at radius 2 is 1.71 bits per heavy atom. The minimum atomic E-state index is -0.618. The summed E-state index contributed by atoms with van der Waals surface area (Å²) in [6, 6.07) is 15.9. The summed E-state index contributed by atoms with van der Waals surface area (Å²) in [5.74, 6) is -0.489. The molecule has 0 heterocycles. The molecule has 1 amide bonds. The first-order valence-electron chi connectivity index (χ1n) is 7.43. The van der Waals surface area contributed by atoms with Crippen LogP contribution in [0.15, 0.2) is 54.6 Å².